The van der Waals surface area contributed by atoms with E-state index in [1.807, 2.05) is 30.3 Å². The van der Waals surface area contributed by atoms with Gasteiger partial charge in [0.25, 0.3) is 0 Å². The highest BCUT2D eigenvalue weighted by Gasteiger charge is 2.35. The highest BCUT2D eigenvalue weighted by molar-refractivity contribution is 7.89. The maximum atomic E-state index is 12.6. The molecule has 1 saturated carbocycles. The lowest BCUT2D eigenvalue weighted by Crippen LogP contribution is -2.30. The van der Waals surface area contributed by atoms with E-state index in [2.05, 4.69) is 4.72 Å². The molecule has 5 heteroatoms. The van der Waals surface area contributed by atoms with Crippen LogP contribution in [0.5, 0.6) is 5.75 Å². The lowest BCUT2D eigenvalue weighted by Gasteiger charge is -2.19. The lowest BCUT2D eigenvalue weighted by molar-refractivity contribution is 0.414. The zero-order valence-electron chi connectivity index (χ0n) is 12.4. The molecule has 0 aliphatic heterocycles. The Kier molecular flexibility index (Phi) is 4.18. The molecule has 0 saturated heterocycles. The second-order valence-electron chi connectivity index (χ2n) is 5.52. The molecule has 1 fully saturated rings. The molecule has 22 heavy (non-hydrogen) atoms. The molecule has 2 aromatic carbocycles. The quantitative estimate of drug-likeness (QED) is 0.890. The van der Waals surface area contributed by atoms with Crippen LogP contribution >= 0.6 is 0 Å². The highest BCUT2D eigenvalue weighted by Crippen LogP contribution is 2.41. The molecule has 3 rings (SSSR count). The first-order valence-corrected chi connectivity index (χ1v) is 8.80. The average Bonchev–Trinajstić information content (AvgIpc) is 3.38. The van der Waals surface area contributed by atoms with Crippen LogP contribution in [0, 0.1) is 5.92 Å². The van der Waals surface area contributed by atoms with Gasteiger partial charge >= 0.3 is 0 Å². The number of nitrogens with one attached hydrogen (secondary N) is 1. The van der Waals surface area contributed by atoms with Gasteiger partial charge in [0, 0.05) is 6.04 Å². The van der Waals surface area contributed by atoms with Crippen LogP contribution in [-0.2, 0) is 10.0 Å². The van der Waals surface area contributed by atoms with E-state index in [1.165, 1.54) is 0 Å². The van der Waals surface area contributed by atoms with E-state index in [4.69, 9.17) is 4.74 Å². The molecular formula is C17H19NO3S. The smallest absolute Gasteiger partial charge is 0.241 e. The topological polar surface area (TPSA) is 55.4 Å². The van der Waals surface area contributed by atoms with Crippen molar-refractivity contribution >= 4 is 10.0 Å². The summed E-state index contributed by atoms with van der Waals surface area (Å²) < 4.78 is 33.1. The fourth-order valence-corrected chi connectivity index (χ4v) is 3.81. The van der Waals surface area contributed by atoms with Crippen molar-refractivity contribution in [2.75, 3.05) is 7.11 Å². The van der Waals surface area contributed by atoms with Crippen LogP contribution in [0.25, 0.3) is 0 Å². The molecule has 0 bridgehead atoms. The van der Waals surface area contributed by atoms with Crippen molar-refractivity contribution in [2.24, 2.45) is 5.92 Å². The van der Waals surface area contributed by atoms with Crippen molar-refractivity contribution in [3.8, 4) is 5.75 Å². The molecule has 0 amide bonds. The minimum Gasteiger partial charge on any atom is -0.497 e. The molecule has 1 N–H and O–H groups in total. The molecule has 0 radical (unpaired) electrons. The zero-order chi connectivity index (χ0) is 15.6. The Bertz CT molecular complexity index is 722. The van der Waals surface area contributed by atoms with Crippen molar-refractivity contribution in [2.45, 2.75) is 23.8 Å². The molecule has 2 aromatic rings. The maximum Gasteiger partial charge on any atom is 0.241 e. The number of sulfonamides is 1. The van der Waals surface area contributed by atoms with E-state index in [-0.39, 0.29) is 10.9 Å². The minimum absolute atomic E-state index is 0.159. The van der Waals surface area contributed by atoms with E-state index in [9.17, 15) is 8.42 Å². The molecular weight excluding hydrogens is 298 g/mol. The van der Waals surface area contributed by atoms with E-state index >= 15 is 0 Å². The first-order valence-electron chi connectivity index (χ1n) is 7.31. The number of ether oxygens (including phenoxy) is 1. The molecule has 1 unspecified atom stereocenters. The Labute approximate surface area is 131 Å². The third-order valence-corrected chi connectivity index (χ3v) is 5.36. The van der Waals surface area contributed by atoms with E-state index in [0.29, 0.717) is 11.7 Å². The fraction of sp³-hybridized carbons (Fsp3) is 0.294. The molecule has 0 heterocycles. The van der Waals surface area contributed by atoms with Crippen LogP contribution in [-0.4, -0.2) is 15.5 Å². The largest absolute Gasteiger partial charge is 0.497 e. The number of hydrogen-bond acceptors (Lipinski definition) is 3. The molecule has 1 aliphatic carbocycles. The monoisotopic (exact) mass is 317 g/mol. The Hall–Kier alpha value is -1.85. The average molecular weight is 317 g/mol. The van der Waals surface area contributed by atoms with Gasteiger partial charge in [-0.05, 0) is 48.6 Å². The van der Waals surface area contributed by atoms with Gasteiger partial charge in [0.1, 0.15) is 5.75 Å². The Morgan fingerprint density at radius 3 is 2.23 bits per heavy atom. The second kappa shape index (κ2) is 6.10. The van der Waals surface area contributed by atoms with Gasteiger partial charge < -0.3 is 4.74 Å². The van der Waals surface area contributed by atoms with E-state index < -0.39 is 10.0 Å². The first-order chi connectivity index (χ1) is 10.6. The van der Waals surface area contributed by atoms with Gasteiger partial charge in [0.15, 0.2) is 0 Å². The van der Waals surface area contributed by atoms with Crippen molar-refractivity contribution in [1.29, 1.82) is 0 Å². The molecule has 1 aliphatic rings. The SMILES string of the molecule is COc1ccc(S(=O)(=O)NC(c2ccccc2)C2CC2)cc1. The standard InChI is InChI=1S/C17H19NO3S/c1-21-15-9-11-16(12-10-15)22(19,20)18-17(14-7-8-14)13-5-3-2-4-6-13/h2-6,9-12,14,17-18H,7-8H2,1H3. The number of benzene rings is 2. The summed E-state index contributed by atoms with van der Waals surface area (Å²) in [5.41, 5.74) is 1.02. The van der Waals surface area contributed by atoms with Gasteiger partial charge in [-0.2, -0.15) is 0 Å². The molecule has 116 valence electrons. The lowest BCUT2D eigenvalue weighted by atomic mass is 10.0. The van der Waals surface area contributed by atoms with Crippen LogP contribution in [0.4, 0.5) is 0 Å². The number of methoxy groups -OCH3 is 1. The molecule has 0 spiro atoms. The van der Waals surface area contributed by atoms with Gasteiger partial charge in [0.05, 0.1) is 12.0 Å². The third kappa shape index (κ3) is 3.31. The van der Waals surface area contributed by atoms with Crippen molar-refractivity contribution in [3.63, 3.8) is 0 Å². The summed E-state index contributed by atoms with van der Waals surface area (Å²) in [6, 6.07) is 16.0. The summed E-state index contributed by atoms with van der Waals surface area (Å²) in [5, 5.41) is 0. The highest BCUT2D eigenvalue weighted by atomic mass is 32.2. The molecule has 0 aromatic heterocycles. The number of rotatable bonds is 6. The summed E-state index contributed by atoms with van der Waals surface area (Å²) in [6.07, 6.45) is 2.12. The van der Waals surface area contributed by atoms with Crippen molar-refractivity contribution in [3.05, 3.63) is 60.2 Å². The van der Waals surface area contributed by atoms with Crippen LogP contribution in [0.15, 0.2) is 59.5 Å². The number of hydrogen-bond donors (Lipinski definition) is 1. The zero-order valence-corrected chi connectivity index (χ0v) is 13.2. The summed E-state index contributed by atoms with van der Waals surface area (Å²) in [5.74, 6) is 1.02. The van der Waals surface area contributed by atoms with Crippen LogP contribution in [0.3, 0.4) is 0 Å². The first kappa shape index (κ1) is 15.1. The van der Waals surface area contributed by atoms with Crippen LogP contribution in [0.1, 0.15) is 24.4 Å². The summed E-state index contributed by atoms with van der Waals surface area (Å²) in [4.78, 5) is 0.259. The Morgan fingerprint density at radius 1 is 1.05 bits per heavy atom. The summed E-state index contributed by atoms with van der Waals surface area (Å²) in [7, 11) is -1.99. The van der Waals surface area contributed by atoms with Gasteiger partial charge in [-0.15, -0.1) is 0 Å². The summed E-state index contributed by atoms with van der Waals surface area (Å²) in [6.45, 7) is 0. The third-order valence-electron chi connectivity index (χ3n) is 3.90. The van der Waals surface area contributed by atoms with Crippen LogP contribution < -0.4 is 9.46 Å². The Balaban J connectivity index is 1.85. The minimum atomic E-state index is -3.54. The van der Waals surface area contributed by atoms with Gasteiger partial charge in [-0.1, -0.05) is 30.3 Å². The Morgan fingerprint density at radius 2 is 1.68 bits per heavy atom. The predicted octanol–water partition coefficient (Wildman–Crippen LogP) is 3.12. The van der Waals surface area contributed by atoms with Crippen molar-refractivity contribution in [1.82, 2.24) is 4.72 Å². The maximum absolute atomic E-state index is 12.6. The van der Waals surface area contributed by atoms with E-state index in [0.717, 1.165) is 18.4 Å². The normalized spacial score (nSPS) is 16.2. The van der Waals surface area contributed by atoms with Gasteiger partial charge in [-0.3, -0.25) is 0 Å². The summed E-state index contributed by atoms with van der Waals surface area (Å²) >= 11 is 0. The molecule has 4 nitrogen and oxygen atoms in total. The molecule has 1 atom stereocenters. The fourth-order valence-electron chi connectivity index (χ4n) is 2.52. The van der Waals surface area contributed by atoms with Crippen LogP contribution in [0.2, 0.25) is 0 Å². The second-order valence-corrected chi connectivity index (χ2v) is 7.24. The van der Waals surface area contributed by atoms with E-state index in [1.54, 1.807) is 31.4 Å². The van der Waals surface area contributed by atoms with Gasteiger partial charge in [0.2, 0.25) is 10.0 Å². The predicted molar refractivity (Wildman–Crippen MR) is 85.2 cm³/mol. The van der Waals surface area contributed by atoms with Crippen molar-refractivity contribution < 1.29 is 13.2 Å². The van der Waals surface area contributed by atoms with Gasteiger partial charge in [-0.25, -0.2) is 13.1 Å².